The summed E-state index contributed by atoms with van der Waals surface area (Å²) < 4.78 is 10.4. The number of ether oxygens (including phenoxy) is 2. The third-order valence-electron chi connectivity index (χ3n) is 3.12. The Bertz CT molecular complexity index is 479. The lowest BCUT2D eigenvalue weighted by Gasteiger charge is -2.12. The summed E-state index contributed by atoms with van der Waals surface area (Å²) in [5.74, 6) is 0.382. The van der Waals surface area contributed by atoms with Crippen LogP contribution in [-0.2, 0) is 9.47 Å². The van der Waals surface area contributed by atoms with Gasteiger partial charge in [-0.25, -0.2) is 9.97 Å². The number of aromatic nitrogens is 2. The van der Waals surface area contributed by atoms with Gasteiger partial charge in [-0.15, -0.1) is 0 Å². The van der Waals surface area contributed by atoms with E-state index >= 15 is 0 Å². The van der Waals surface area contributed by atoms with Gasteiger partial charge in [-0.1, -0.05) is 0 Å². The largest absolute Gasteiger partial charge is 0.383 e. The second-order valence-electron chi connectivity index (χ2n) is 4.61. The average molecular weight is 297 g/mol. The molecule has 1 fully saturated rings. The predicted molar refractivity (Wildman–Crippen MR) is 76.5 cm³/mol. The molecular weight excluding hydrogens is 278 g/mol. The molecule has 2 rings (SSSR count). The van der Waals surface area contributed by atoms with E-state index in [-0.39, 0.29) is 23.4 Å². The Balaban J connectivity index is 2.07. The minimum atomic E-state index is -0.493. The van der Waals surface area contributed by atoms with Crippen molar-refractivity contribution in [3.63, 3.8) is 0 Å². The van der Waals surface area contributed by atoms with Crippen LogP contribution in [0.1, 0.15) is 12.8 Å². The van der Waals surface area contributed by atoms with Crippen LogP contribution in [0.3, 0.4) is 0 Å². The lowest BCUT2D eigenvalue weighted by Crippen LogP contribution is -2.20. The molecular formula is C12H19N5O4. The van der Waals surface area contributed by atoms with Gasteiger partial charge in [0.25, 0.3) is 0 Å². The van der Waals surface area contributed by atoms with Crippen LogP contribution in [0, 0.1) is 10.1 Å². The van der Waals surface area contributed by atoms with E-state index in [9.17, 15) is 10.1 Å². The Labute approximate surface area is 122 Å². The summed E-state index contributed by atoms with van der Waals surface area (Å²) in [6, 6.07) is 0. The first-order valence-corrected chi connectivity index (χ1v) is 6.80. The Morgan fingerprint density at radius 2 is 2.24 bits per heavy atom. The van der Waals surface area contributed by atoms with Crippen molar-refractivity contribution in [1.29, 1.82) is 0 Å². The van der Waals surface area contributed by atoms with Gasteiger partial charge in [0.15, 0.2) is 0 Å². The molecule has 9 heteroatoms. The highest BCUT2D eigenvalue weighted by Crippen LogP contribution is 2.29. The SMILES string of the molecule is COCCNc1ncnc(NCC2CCCO2)c1[N+](=O)[O-]. The zero-order valence-corrected chi connectivity index (χ0v) is 11.9. The quantitative estimate of drug-likeness (QED) is 0.416. The highest BCUT2D eigenvalue weighted by molar-refractivity contribution is 5.69. The lowest BCUT2D eigenvalue weighted by molar-refractivity contribution is -0.383. The molecule has 0 aliphatic carbocycles. The van der Waals surface area contributed by atoms with E-state index in [1.807, 2.05) is 0 Å². The van der Waals surface area contributed by atoms with Crippen molar-refractivity contribution < 1.29 is 14.4 Å². The molecule has 21 heavy (non-hydrogen) atoms. The van der Waals surface area contributed by atoms with E-state index in [2.05, 4.69) is 20.6 Å². The zero-order valence-electron chi connectivity index (χ0n) is 11.9. The number of anilines is 2. The Hall–Kier alpha value is -2.00. The van der Waals surface area contributed by atoms with E-state index in [0.717, 1.165) is 19.4 Å². The summed E-state index contributed by atoms with van der Waals surface area (Å²) in [5.41, 5.74) is -0.161. The van der Waals surface area contributed by atoms with E-state index in [1.165, 1.54) is 6.33 Å². The molecule has 1 aromatic heterocycles. The van der Waals surface area contributed by atoms with Crippen LogP contribution in [0.25, 0.3) is 0 Å². The molecule has 0 spiro atoms. The normalized spacial score (nSPS) is 17.7. The van der Waals surface area contributed by atoms with Crippen LogP contribution in [-0.4, -0.2) is 54.4 Å². The maximum Gasteiger partial charge on any atom is 0.353 e. The first kappa shape index (κ1) is 15.4. The molecule has 0 saturated carbocycles. The van der Waals surface area contributed by atoms with E-state index in [4.69, 9.17) is 9.47 Å². The zero-order chi connectivity index (χ0) is 15.1. The van der Waals surface area contributed by atoms with Crippen molar-refractivity contribution in [2.24, 2.45) is 0 Å². The number of hydrogen-bond acceptors (Lipinski definition) is 8. The minimum absolute atomic E-state index is 0.0736. The van der Waals surface area contributed by atoms with Crippen LogP contribution in [0.5, 0.6) is 0 Å². The summed E-state index contributed by atoms with van der Waals surface area (Å²) in [6.45, 7) is 2.09. The molecule has 1 atom stereocenters. The Kier molecular flexibility index (Phi) is 5.64. The van der Waals surface area contributed by atoms with Crippen molar-refractivity contribution in [1.82, 2.24) is 9.97 Å². The van der Waals surface area contributed by atoms with Gasteiger partial charge in [-0.2, -0.15) is 0 Å². The van der Waals surface area contributed by atoms with Crippen molar-refractivity contribution in [2.75, 3.05) is 44.0 Å². The Morgan fingerprint density at radius 1 is 1.48 bits per heavy atom. The molecule has 0 amide bonds. The van der Waals surface area contributed by atoms with Gasteiger partial charge >= 0.3 is 5.69 Å². The van der Waals surface area contributed by atoms with Gasteiger partial charge < -0.3 is 20.1 Å². The van der Waals surface area contributed by atoms with Gasteiger partial charge in [0.1, 0.15) is 6.33 Å². The molecule has 0 bridgehead atoms. The molecule has 1 unspecified atom stereocenters. The number of nitro groups is 1. The van der Waals surface area contributed by atoms with E-state index in [1.54, 1.807) is 7.11 Å². The smallest absolute Gasteiger partial charge is 0.353 e. The van der Waals surface area contributed by atoms with Crippen molar-refractivity contribution in [3.8, 4) is 0 Å². The maximum absolute atomic E-state index is 11.3. The molecule has 9 nitrogen and oxygen atoms in total. The molecule has 1 saturated heterocycles. The van der Waals surface area contributed by atoms with E-state index < -0.39 is 4.92 Å². The molecule has 1 aromatic rings. The molecule has 0 aromatic carbocycles. The maximum atomic E-state index is 11.3. The second-order valence-corrected chi connectivity index (χ2v) is 4.61. The van der Waals surface area contributed by atoms with Crippen LogP contribution in [0.15, 0.2) is 6.33 Å². The summed E-state index contributed by atoms with van der Waals surface area (Å²) in [5, 5.41) is 17.1. The van der Waals surface area contributed by atoms with Crippen LogP contribution in [0.2, 0.25) is 0 Å². The van der Waals surface area contributed by atoms with Crippen LogP contribution < -0.4 is 10.6 Å². The fourth-order valence-corrected chi connectivity index (χ4v) is 2.10. The number of hydrogen-bond donors (Lipinski definition) is 2. The van der Waals surface area contributed by atoms with Gasteiger partial charge in [0.05, 0.1) is 17.6 Å². The summed E-state index contributed by atoms with van der Waals surface area (Å²) in [4.78, 5) is 18.6. The van der Waals surface area contributed by atoms with Gasteiger partial charge in [0, 0.05) is 26.8 Å². The topological polar surface area (TPSA) is 111 Å². The minimum Gasteiger partial charge on any atom is -0.383 e. The standard InChI is InChI=1S/C12H19N5O4/c1-20-6-4-13-11-10(17(18)19)12(16-8-15-11)14-7-9-3-2-5-21-9/h8-9H,2-7H2,1H3,(H2,13,14,15,16). The van der Waals surface area contributed by atoms with E-state index in [0.29, 0.717) is 19.7 Å². The van der Waals surface area contributed by atoms with Crippen molar-refractivity contribution >= 4 is 17.3 Å². The monoisotopic (exact) mass is 297 g/mol. The molecule has 2 heterocycles. The molecule has 2 N–H and O–H groups in total. The first-order valence-electron chi connectivity index (χ1n) is 6.80. The molecule has 1 aliphatic rings. The van der Waals surface area contributed by atoms with Crippen molar-refractivity contribution in [3.05, 3.63) is 16.4 Å². The van der Waals surface area contributed by atoms with Gasteiger partial charge in [0.2, 0.25) is 11.6 Å². The molecule has 116 valence electrons. The number of nitrogens with zero attached hydrogens (tertiary/aromatic N) is 3. The fraction of sp³-hybridized carbons (Fsp3) is 0.667. The van der Waals surface area contributed by atoms with Gasteiger partial charge in [-0.3, -0.25) is 10.1 Å². The molecule has 0 radical (unpaired) electrons. The first-order chi connectivity index (χ1) is 10.2. The number of methoxy groups -OCH3 is 1. The Morgan fingerprint density at radius 3 is 2.86 bits per heavy atom. The highest BCUT2D eigenvalue weighted by Gasteiger charge is 2.24. The summed E-state index contributed by atoms with van der Waals surface area (Å²) in [7, 11) is 1.56. The third-order valence-corrected chi connectivity index (χ3v) is 3.12. The molecule has 1 aliphatic heterocycles. The van der Waals surface area contributed by atoms with Gasteiger partial charge in [-0.05, 0) is 12.8 Å². The highest BCUT2D eigenvalue weighted by atomic mass is 16.6. The average Bonchev–Trinajstić information content (AvgIpc) is 2.98. The predicted octanol–water partition coefficient (Wildman–Crippen LogP) is 1.03. The summed E-state index contributed by atoms with van der Waals surface area (Å²) >= 11 is 0. The van der Waals surface area contributed by atoms with Crippen LogP contribution >= 0.6 is 0 Å². The second kappa shape index (κ2) is 7.70. The fourth-order valence-electron chi connectivity index (χ4n) is 2.10. The third kappa shape index (κ3) is 4.23. The number of rotatable bonds is 8. The van der Waals surface area contributed by atoms with Crippen LogP contribution in [0.4, 0.5) is 17.3 Å². The van der Waals surface area contributed by atoms with Crippen molar-refractivity contribution in [2.45, 2.75) is 18.9 Å². The lowest BCUT2D eigenvalue weighted by atomic mass is 10.2. The number of nitrogens with one attached hydrogen (secondary N) is 2. The summed E-state index contributed by atoms with van der Waals surface area (Å²) in [6.07, 6.45) is 3.33.